The van der Waals surface area contributed by atoms with E-state index < -0.39 is 0 Å². The monoisotopic (exact) mass is 275 g/mol. The van der Waals surface area contributed by atoms with E-state index in [1.54, 1.807) is 0 Å². The van der Waals surface area contributed by atoms with Gasteiger partial charge in [-0.05, 0) is 48.9 Å². The molecule has 0 aromatic heterocycles. The average molecular weight is 275 g/mol. The third kappa shape index (κ3) is 2.93. The van der Waals surface area contributed by atoms with Crippen LogP contribution in [0.15, 0.2) is 18.2 Å². The second kappa shape index (κ2) is 6.49. The molecule has 0 radical (unpaired) electrons. The molecule has 1 fully saturated rings. The van der Waals surface area contributed by atoms with Crippen molar-refractivity contribution in [2.45, 2.75) is 44.4 Å². The molecule has 1 aromatic rings. The van der Waals surface area contributed by atoms with Crippen molar-refractivity contribution in [3.8, 4) is 11.5 Å². The molecule has 110 valence electrons. The Morgan fingerprint density at radius 1 is 0.950 bits per heavy atom. The molecular formula is C17H25NO2. The molecule has 1 aliphatic heterocycles. The summed E-state index contributed by atoms with van der Waals surface area (Å²) in [6.07, 6.45) is 7.45. The molecule has 2 aliphatic rings. The maximum Gasteiger partial charge on any atom is 0.161 e. The van der Waals surface area contributed by atoms with E-state index in [1.165, 1.54) is 37.7 Å². The Kier molecular flexibility index (Phi) is 4.46. The van der Waals surface area contributed by atoms with Crippen molar-refractivity contribution in [1.29, 1.82) is 0 Å². The zero-order valence-electron chi connectivity index (χ0n) is 12.1. The molecule has 0 amide bonds. The molecule has 0 spiro atoms. The van der Waals surface area contributed by atoms with Gasteiger partial charge in [0.2, 0.25) is 0 Å². The standard InChI is InChI=1S/C17H25NO2/c18-12-14-5-2-1-3-6-15(14)13-7-8-16-17(11-13)20-10-4-9-19-16/h7-8,11,14-15H,1-6,9-10,12,18H2. The van der Waals surface area contributed by atoms with Crippen LogP contribution in [0.3, 0.4) is 0 Å². The zero-order valence-corrected chi connectivity index (χ0v) is 12.1. The van der Waals surface area contributed by atoms with Crippen molar-refractivity contribution < 1.29 is 9.47 Å². The normalized spacial score (nSPS) is 26.6. The molecule has 2 atom stereocenters. The molecule has 1 aliphatic carbocycles. The smallest absolute Gasteiger partial charge is 0.161 e. The Morgan fingerprint density at radius 3 is 2.60 bits per heavy atom. The van der Waals surface area contributed by atoms with Crippen LogP contribution in [0.4, 0.5) is 0 Å². The average Bonchev–Trinajstić information content (AvgIpc) is 2.86. The van der Waals surface area contributed by atoms with Crippen molar-refractivity contribution in [3.05, 3.63) is 23.8 Å². The van der Waals surface area contributed by atoms with E-state index in [-0.39, 0.29) is 0 Å². The quantitative estimate of drug-likeness (QED) is 0.841. The van der Waals surface area contributed by atoms with Crippen LogP contribution in [-0.2, 0) is 0 Å². The van der Waals surface area contributed by atoms with Gasteiger partial charge in [0.15, 0.2) is 11.5 Å². The molecule has 2 unspecified atom stereocenters. The van der Waals surface area contributed by atoms with Crippen molar-refractivity contribution in [1.82, 2.24) is 0 Å². The van der Waals surface area contributed by atoms with Crippen molar-refractivity contribution in [3.63, 3.8) is 0 Å². The Labute approximate surface area is 121 Å². The number of rotatable bonds is 2. The van der Waals surface area contributed by atoms with Crippen LogP contribution in [0.2, 0.25) is 0 Å². The number of nitrogens with two attached hydrogens (primary N) is 1. The first kappa shape index (κ1) is 13.7. The summed E-state index contributed by atoms with van der Waals surface area (Å²) in [4.78, 5) is 0. The molecule has 3 rings (SSSR count). The number of ether oxygens (including phenoxy) is 2. The highest BCUT2D eigenvalue weighted by Crippen LogP contribution is 2.40. The fourth-order valence-electron chi connectivity index (χ4n) is 3.52. The van der Waals surface area contributed by atoms with Gasteiger partial charge in [0, 0.05) is 6.42 Å². The van der Waals surface area contributed by atoms with Crippen LogP contribution in [0, 0.1) is 5.92 Å². The van der Waals surface area contributed by atoms with Crippen LogP contribution >= 0.6 is 0 Å². The van der Waals surface area contributed by atoms with E-state index in [0.717, 1.165) is 37.7 Å². The van der Waals surface area contributed by atoms with Crippen molar-refractivity contribution in [2.24, 2.45) is 11.7 Å². The molecule has 1 saturated carbocycles. The maximum atomic E-state index is 6.01. The lowest BCUT2D eigenvalue weighted by atomic mass is 9.82. The third-order valence-electron chi connectivity index (χ3n) is 4.66. The first-order valence-electron chi connectivity index (χ1n) is 7.98. The molecule has 3 heteroatoms. The number of fused-ring (bicyclic) bond motifs is 1. The summed E-state index contributed by atoms with van der Waals surface area (Å²) in [6, 6.07) is 6.49. The second-order valence-electron chi connectivity index (χ2n) is 6.00. The van der Waals surface area contributed by atoms with Gasteiger partial charge in [-0.25, -0.2) is 0 Å². The number of hydrogen-bond acceptors (Lipinski definition) is 3. The predicted octanol–water partition coefficient (Wildman–Crippen LogP) is 3.47. The van der Waals surface area contributed by atoms with Crippen LogP contribution in [0.5, 0.6) is 11.5 Å². The number of hydrogen-bond donors (Lipinski definition) is 1. The minimum atomic E-state index is 0.583. The largest absolute Gasteiger partial charge is 0.490 e. The molecule has 1 heterocycles. The van der Waals surface area contributed by atoms with E-state index in [0.29, 0.717) is 11.8 Å². The summed E-state index contributed by atoms with van der Waals surface area (Å²) in [5, 5.41) is 0. The first-order valence-corrected chi connectivity index (χ1v) is 7.98. The lowest BCUT2D eigenvalue weighted by Crippen LogP contribution is -2.21. The minimum Gasteiger partial charge on any atom is -0.490 e. The summed E-state index contributed by atoms with van der Waals surface area (Å²) in [5.74, 6) is 3.01. The van der Waals surface area contributed by atoms with Gasteiger partial charge in [-0.2, -0.15) is 0 Å². The first-order chi connectivity index (χ1) is 9.88. The van der Waals surface area contributed by atoms with Gasteiger partial charge in [-0.3, -0.25) is 0 Å². The molecule has 20 heavy (non-hydrogen) atoms. The van der Waals surface area contributed by atoms with Gasteiger partial charge in [-0.15, -0.1) is 0 Å². The lowest BCUT2D eigenvalue weighted by molar-refractivity contribution is 0.296. The van der Waals surface area contributed by atoms with Gasteiger partial charge >= 0.3 is 0 Å². The summed E-state index contributed by atoms with van der Waals surface area (Å²) in [6.45, 7) is 2.29. The van der Waals surface area contributed by atoms with E-state index >= 15 is 0 Å². The molecular weight excluding hydrogens is 250 g/mol. The maximum absolute atomic E-state index is 6.01. The minimum absolute atomic E-state index is 0.583. The Balaban J connectivity index is 1.86. The van der Waals surface area contributed by atoms with Crippen LogP contribution in [0.25, 0.3) is 0 Å². The SMILES string of the molecule is NCC1CCCCCC1c1ccc2c(c1)OCCCO2. The van der Waals surface area contributed by atoms with E-state index in [2.05, 4.69) is 18.2 Å². The topological polar surface area (TPSA) is 44.5 Å². The lowest BCUT2D eigenvalue weighted by Gasteiger charge is -2.25. The molecule has 0 bridgehead atoms. The van der Waals surface area contributed by atoms with E-state index in [1.807, 2.05) is 0 Å². The van der Waals surface area contributed by atoms with Crippen LogP contribution in [-0.4, -0.2) is 19.8 Å². The third-order valence-corrected chi connectivity index (χ3v) is 4.66. The summed E-state index contributed by atoms with van der Waals surface area (Å²) in [7, 11) is 0. The van der Waals surface area contributed by atoms with Crippen molar-refractivity contribution in [2.75, 3.05) is 19.8 Å². The zero-order chi connectivity index (χ0) is 13.8. The van der Waals surface area contributed by atoms with Gasteiger partial charge in [0.05, 0.1) is 13.2 Å². The summed E-state index contributed by atoms with van der Waals surface area (Å²) in [5.41, 5.74) is 7.39. The van der Waals surface area contributed by atoms with Gasteiger partial charge in [0.1, 0.15) is 0 Å². The summed E-state index contributed by atoms with van der Waals surface area (Å²) < 4.78 is 11.5. The highest BCUT2D eigenvalue weighted by molar-refractivity contribution is 5.44. The molecule has 2 N–H and O–H groups in total. The Hall–Kier alpha value is -1.22. The van der Waals surface area contributed by atoms with Crippen molar-refractivity contribution >= 4 is 0 Å². The predicted molar refractivity (Wildman–Crippen MR) is 80.4 cm³/mol. The molecule has 1 aromatic carbocycles. The number of benzene rings is 1. The summed E-state index contributed by atoms with van der Waals surface area (Å²) >= 11 is 0. The Bertz CT molecular complexity index is 447. The fraction of sp³-hybridized carbons (Fsp3) is 0.647. The Morgan fingerprint density at radius 2 is 1.75 bits per heavy atom. The van der Waals surface area contributed by atoms with Crippen LogP contribution in [0.1, 0.15) is 50.0 Å². The molecule has 3 nitrogen and oxygen atoms in total. The molecule has 0 saturated heterocycles. The van der Waals surface area contributed by atoms with Gasteiger partial charge in [-0.1, -0.05) is 25.3 Å². The highest BCUT2D eigenvalue weighted by atomic mass is 16.5. The second-order valence-corrected chi connectivity index (χ2v) is 6.00. The van der Waals surface area contributed by atoms with Gasteiger partial charge < -0.3 is 15.2 Å². The van der Waals surface area contributed by atoms with E-state index in [9.17, 15) is 0 Å². The van der Waals surface area contributed by atoms with Gasteiger partial charge in [0.25, 0.3) is 0 Å². The highest BCUT2D eigenvalue weighted by Gasteiger charge is 2.25. The fourth-order valence-corrected chi connectivity index (χ4v) is 3.52. The van der Waals surface area contributed by atoms with E-state index in [4.69, 9.17) is 15.2 Å². The van der Waals surface area contributed by atoms with Crippen LogP contribution < -0.4 is 15.2 Å².